The summed E-state index contributed by atoms with van der Waals surface area (Å²) >= 11 is 0. The third-order valence-corrected chi connectivity index (χ3v) is 9.68. The molecule has 0 spiro atoms. The van der Waals surface area contributed by atoms with Crippen molar-refractivity contribution < 1.29 is 52.5 Å². The van der Waals surface area contributed by atoms with Crippen LogP contribution in [0.4, 0.5) is 14.4 Å². The minimum Gasteiger partial charge on any atom is -0.467 e. The zero-order valence-corrected chi connectivity index (χ0v) is 39.5. The Morgan fingerprint density at radius 3 is 1.75 bits per heavy atom. The van der Waals surface area contributed by atoms with Crippen molar-refractivity contribution >= 4 is 42.0 Å². The van der Waals surface area contributed by atoms with E-state index in [1.54, 1.807) is 98.7 Å². The van der Waals surface area contributed by atoms with Crippen LogP contribution in [0.2, 0.25) is 0 Å². The number of unbranched alkanes of at least 4 members (excludes halogenated alkanes) is 1. The number of carbonyl (C=O) groups is 7. The monoisotopic (exact) mass is 904 g/mol. The summed E-state index contributed by atoms with van der Waals surface area (Å²) in [7, 11) is 1.21. The number of likely N-dealkylation sites (tertiary alicyclic amines) is 1. The van der Waals surface area contributed by atoms with Gasteiger partial charge in [0.1, 0.15) is 40.5 Å². The lowest BCUT2D eigenvalue weighted by atomic mass is 9.87. The molecule has 6 amide bonds. The maximum Gasteiger partial charge on any atom is 0.408 e. The third kappa shape index (κ3) is 19.5. The largest absolute Gasteiger partial charge is 0.467 e. The van der Waals surface area contributed by atoms with Gasteiger partial charge in [0.15, 0.2) is 0 Å². The molecular weight excluding hydrogens is 837 g/mol. The van der Waals surface area contributed by atoms with E-state index in [0.29, 0.717) is 18.4 Å². The first kappa shape index (κ1) is 53.0. The van der Waals surface area contributed by atoms with E-state index in [1.165, 1.54) is 12.0 Å². The van der Waals surface area contributed by atoms with Crippen molar-refractivity contribution in [2.24, 2.45) is 0 Å². The van der Waals surface area contributed by atoms with Crippen LogP contribution in [-0.4, -0.2) is 114 Å². The van der Waals surface area contributed by atoms with Crippen molar-refractivity contribution in [2.75, 3.05) is 26.7 Å². The number of esters is 1. The van der Waals surface area contributed by atoms with Crippen LogP contribution in [0.15, 0.2) is 60.7 Å². The molecule has 0 radical (unpaired) electrons. The fourth-order valence-electron chi connectivity index (χ4n) is 6.68. The van der Waals surface area contributed by atoms with Crippen molar-refractivity contribution in [3.8, 4) is 11.8 Å². The number of alkyl carbamates (subject to hydrolysis) is 3. The number of benzene rings is 2. The smallest absolute Gasteiger partial charge is 0.408 e. The van der Waals surface area contributed by atoms with E-state index < -0.39 is 82.4 Å². The summed E-state index contributed by atoms with van der Waals surface area (Å²) in [5.41, 5.74) is -2.46. The van der Waals surface area contributed by atoms with Crippen LogP contribution in [0, 0.1) is 11.8 Å². The number of hydrogen-bond donors (Lipinski definition) is 5. The summed E-state index contributed by atoms with van der Waals surface area (Å²) in [5, 5.41) is 13.6. The van der Waals surface area contributed by atoms with Crippen LogP contribution in [0.25, 0.3) is 0 Å². The Hall–Kier alpha value is -6.31. The number of amides is 6. The average Bonchev–Trinajstić information content (AvgIpc) is 3.20. The number of nitrogens with one attached hydrogen (secondary N) is 5. The van der Waals surface area contributed by atoms with Crippen LogP contribution < -0.4 is 26.6 Å². The molecule has 356 valence electrons. The summed E-state index contributed by atoms with van der Waals surface area (Å²) in [4.78, 5) is 95.7. The molecule has 0 bridgehead atoms. The minimum absolute atomic E-state index is 0.00760. The third-order valence-electron chi connectivity index (χ3n) is 9.68. The Balaban J connectivity index is 1.92. The van der Waals surface area contributed by atoms with E-state index in [2.05, 4.69) is 38.4 Å². The molecule has 0 aromatic heterocycles. The molecular formula is C48H68N6O11. The first-order valence-electron chi connectivity index (χ1n) is 21.9. The molecule has 2 aromatic carbocycles. The summed E-state index contributed by atoms with van der Waals surface area (Å²) < 4.78 is 21.3. The van der Waals surface area contributed by atoms with Crippen LogP contribution >= 0.6 is 0 Å². The Kier molecular flexibility index (Phi) is 19.7. The first-order chi connectivity index (χ1) is 30.4. The van der Waals surface area contributed by atoms with Gasteiger partial charge in [0.2, 0.25) is 17.7 Å². The highest BCUT2D eigenvalue weighted by Crippen LogP contribution is 2.26. The topological polar surface area (TPSA) is 220 Å². The average molecular weight is 905 g/mol. The second kappa shape index (κ2) is 24.1. The second-order valence-electron chi connectivity index (χ2n) is 18.8. The number of methoxy groups -OCH3 is 1. The molecule has 5 N–H and O–H groups in total. The fourth-order valence-corrected chi connectivity index (χ4v) is 6.68. The lowest BCUT2D eigenvalue weighted by Gasteiger charge is -2.41. The van der Waals surface area contributed by atoms with Crippen LogP contribution in [0.1, 0.15) is 112 Å². The molecule has 1 aliphatic rings. The maximum absolute atomic E-state index is 14.4. The van der Waals surface area contributed by atoms with Crippen molar-refractivity contribution in [1.82, 2.24) is 31.5 Å². The number of nitrogens with zero attached hydrogens (tertiary/aromatic N) is 1. The Bertz CT molecular complexity index is 1990. The molecule has 0 saturated carbocycles. The van der Waals surface area contributed by atoms with E-state index in [1.807, 2.05) is 24.3 Å². The van der Waals surface area contributed by atoms with Crippen LogP contribution in [-0.2, 0) is 44.5 Å². The van der Waals surface area contributed by atoms with Gasteiger partial charge in [0.05, 0.1) is 7.11 Å². The highest BCUT2D eigenvalue weighted by Gasteiger charge is 2.46. The zero-order valence-electron chi connectivity index (χ0n) is 39.5. The van der Waals surface area contributed by atoms with E-state index in [4.69, 9.17) is 18.9 Å². The van der Waals surface area contributed by atoms with Crippen molar-refractivity contribution in [2.45, 2.75) is 148 Å². The van der Waals surface area contributed by atoms with Crippen LogP contribution in [0.5, 0.6) is 0 Å². The normalized spacial score (nSPS) is 15.0. The van der Waals surface area contributed by atoms with E-state index in [9.17, 15) is 33.6 Å². The van der Waals surface area contributed by atoms with Crippen molar-refractivity contribution in [3.05, 3.63) is 71.8 Å². The summed E-state index contributed by atoms with van der Waals surface area (Å²) in [6.45, 7) is 15.7. The van der Waals surface area contributed by atoms with Gasteiger partial charge >= 0.3 is 24.2 Å². The molecule has 1 fully saturated rings. The van der Waals surface area contributed by atoms with Gasteiger partial charge in [-0.25, -0.2) is 19.2 Å². The second-order valence-corrected chi connectivity index (χ2v) is 18.8. The molecule has 3 rings (SSSR count). The molecule has 17 heteroatoms. The molecule has 3 unspecified atom stereocenters. The van der Waals surface area contributed by atoms with Gasteiger partial charge in [-0.1, -0.05) is 60.4 Å². The van der Waals surface area contributed by atoms with Crippen molar-refractivity contribution in [3.63, 3.8) is 0 Å². The van der Waals surface area contributed by atoms with Gasteiger partial charge in [-0.2, -0.15) is 0 Å². The Morgan fingerprint density at radius 2 is 1.18 bits per heavy atom. The maximum atomic E-state index is 14.4. The number of ether oxygens (including phenoxy) is 4. The number of piperidine rings is 1. The standard InChI is InChI=1S/C48H68N6O11/c1-45(2,3)63-42(59)49-29-18-17-25-36(40(57)54-30-27-48(28-31-54,41(58)62-10)53-44(61)65-47(7,8)9)51-38(55)35(26-19-24-33-20-13-11-14-21-33)50-39(56)37(32-34-22-15-12-16-23-34)52-43(60)64-46(4,5)6/h11-16,20-23,35-37H,17-18,25-32H2,1-10H3,(H,49,59)(H,50,56)(H,51,55)(H,52,60)(H,53,61). The van der Waals surface area contributed by atoms with Gasteiger partial charge in [0, 0.05) is 38.0 Å². The lowest BCUT2D eigenvalue weighted by Crippen LogP contribution is -2.63. The Labute approximate surface area is 383 Å². The summed E-state index contributed by atoms with van der Waals surface area (Å²) in [6, 6.07) is 14.5. The van der Waals surface area contributed by atoms with Gasteiger partial charge in [-0.05, 0) is 112 Å². The SMILES string of the molecule is COC(=O)C1(NC(=O)OC(C)(C)C)CCN(C(=O)C(CCCCNC(=O)OC(C)(C)C)NC(=O)C(CC#Cc2ccccc2)NC(=O)C(Cc2ccccc2)NC(=O)OC(C)(C)C)CC1. The number of rotatable bonds is 16. The van der Waals surface area contributed by atoms with Gasteiger partial charge < -0.3 is 50.4 Å². The van der Waals surface area contributed by atoms with Gasteiger partial charge in [0.25, 0.3) is 0 Å². The van der Waals surface area contributed by atoms with Gasteiger partial charge in [-0.3, -0.25) is 14.4 Å². The minimum atomic E-state index is -1.48. The predicted octanol–water partition coefficient (Wildman–Crippen LogP) is 5.29. The fraction of sp³-hybridized carbons (Fsp3) is 0.562. The van der Waals surface area contributed by atoms with Crippen LogP contribution in [0.3, 0.4) is 0 Å². The quantitative estimate of drug-likeness (QED) is 0.0631. The molecule has 17 nitrogen and oxygen atoms in total. The Morgan fingerprint density at radius 1 is 0.662 bits per heavy atom. The molecule has 0 aliphatic carbocycles. The number of carbonyl (C=O) groups excluding carboxylic acids is 7. The molecule has 3 atom stereocenters. The highest BCUT2D eigenvalue weighted by atomic mass is 16.6. The van der Waals surface area contributed by atoms with E-state index in [-0.39, 0.29) is 51.7 Å². The molecule has 1 aliphatic heterocycles. The zero-order chi connectivity index (χ0) is 48.4. The predicted molar refractivity (Wildman–Crippen MR) is 243 cm³/mol. The molecule has 1 saturated heterocycles. The van der Waals surface area contributed by atoms with E-state index in [0.717, 1.165) is 5.56 Å². The van der Waals surface area contributed by atoms with Crippen molar-refractivity contribution in [1.29, 1.82) is 0 Å². The first-order valence-corrected chi connectivity index (χ1v) is 21.9. The molecule has 2 aromatic rings. The molecule has 1 heterocycles. The van der Waals surface area contributed by atoms with E-state index >= 15 is 0 Å². The lowest BCUT2D eigenvalue weighted by molar-refractivity contribution is -0.153. The molecule has 65 heavy (non-hydrogen) atoms. The number of hydrogen-bond acceptors (Lipinski definition) is 11. The highest BCUT2D eigenvalue weighted by molar-refractivity contribution is 5.94. The van der Waals surface area contributed by atoms with Gasteiger partial charge in [-0.15, -0.1) is 0 Å². The summed E-state index contributed by atoms with van der Waals surface area (Å²) in [5.74, 6) is 3.42. The summed E-state index contributed by atoms with van der Waals surface area (Å²) in [6.07, 6.45) is -1.43.